The molecule has 1 aliphatic heterocycles. The van der Waals surface area contributed by atoms with Crippen LogP contribution in [0.5, 0.6) is 0 Å². The highest BCUT2D eigenvalue weighted by atomic mass is 32.2. The van der Waals surface area contributed by atoms with Crippen molar-refractivity contribution in [3.8, 4) is 0 Å². The van der Waals surface area contributed by atoms with Gasteiger partial charge in [0.25, 0.3) is 0 Å². The smallest absolute Gasteiger partial charge is 0.214 e. The third kappa shape index (κ3) is 1.16. The van der Waals surface area contributed by atoms with Gasteiger partial charge in [-0.1, -0.05) is 0 Å². The molecule has 1 rings (SSSR count). The van der Waals surface area contributed by atoms with E-state index in [2.05, 4.69) is 0 Å². The molecule has 0 unspecified atom stereocenters. The molecule has 0 N–H and O–H groups in total. The maximum atomic E-state index is 11.0. The zero-order valence-corrected chi connectivity index (χ0v) is 6.86. The molecule has 1 saturated heterocycles. The van der Waals surface area contributed by atoms with Gasteiger partial charge in [-0.15, -0.1) is 0 Å². The van der Waals surface area contributed by atoms with E-state index >= 15 is 0 Å². The molecule has 0 aromatic carbocycles. The Kier molecular flexibility index (Phi) is 1.72. The first kappa shape index (κ1) is 7.60. The summed E-state index contributed by atoms with van der Waals surface area (Å²) in [7, 11) is -3.03. The van der Waals surface area contributed by atoms with E-state index in [1.165, 1.54) is 0 Å². The Bertz CT molecular complexity index is 257. The van der Waals surface area contributed by atoms with Gasteiger partial charge in [0, 0.05) is 0 Å². The quantitative estimate of drug-likeness (QED) is 0.526. The van der Waals surface area contributed by atoms with E-state index in [4.69, 9.17) is 4.74 Å². The standard InChI is InChI=1S/C6H10O3S/c1-5(2)6-9-3-4-10(6,7)8/h3-4H2,1-2H3. The molecular weight excluding hydrogens is 152 g/mol. The van der Waals surface area contributed by atoms with Gasteiger partial charge in [0.15, 0.2) is 0 Å². The number of allylic oxidation sites excluding steroid dienone is 1. The minimum Gasteiger partial charge on any atom is -0.482 e. The molecule has 0 spiro atoms. The van der Waals surface area contributed by atoms with Gasteiger partial charge in [0.05, 0.1) is 5.75 Å². The Morgan fingerprint density at radius 3 is 2.30 bits per heavy atom. The summed E-state index contributed by atoms with van der Waals surface area (Å²) in [6.07, 6.45) is 0. The second kappa shape index (κ2) is 2.27. The van der Waals surface area contributed by atoms with Crippen LogP contribution in [0.2, 0.25) is 0 Å². The summed E-state index contributed by atoms with van der Waals surface area (Å²) in [6, 6.07) is 0. The fourth-order valence-electron chi connectivity index (χ4n) is 0.882. The molecule has 1 fully saturated rings. The van der Waals surface area contributed by atoms with Crippen molar-refractivity contribution >= 4 is 9.84 Å². The molecule has 1 aliphatic rings. The van der Waals surface area contributed by atoms with Gasteiger partial charge in [0.1, 0.15) is 6.61 Å². The summed E-state index contributed by atoms with van der Waals surface area (Å²) in [5.41, 5.74) is 0.734. The fraction of sp³-hybridized carbons (Fsp3) is 0.667. The van der Waals surface area contributed by atoms with Gasteiger partial charge < -0.3 is 4.74 Å². The van der Waals surface area contributed by atoms with E-state index in [1.54, 1.807) is 13.8 Å². The molecule has 58 valence electrons. The minimum absolute atomic E-state index is 0.132. The first-order valence-electron chi connectivity index (χ1n) is 3.07. The highest BCUT2D eigenvalue weighted by molar-refractivity contribution is 7.95. The summed E-state index contributed by atoms with van der Waals surface area (Å²) >= 11 is 0. The molecule has 0 radical (unpaired) electrons. The van der Waals surface area contributed by atoms with Crippen molar-refractivity contribution in [2.24, 2.45) is 0 Å². The molecule has 0 saturated carbocycles. The van der Waals surface area contributed by atoms with E-state index < -0.39 is 9.84 Å². The van der Waals surface area contributed by atoms with Gasteiger partial charge in [-0.3, -0.25) is 0 Å². The highest BCUT2D eigenvalue weighted by Crippen LogP contribution is 2.20. The largest absolute Gasteiger partial charge is 0.482 e. The van der Waals surface area contributed by atoms with Crippen LogP contribution in [0.25, 0.3) is 0 Å². The molecule has 10 heavy (non-hydrogen) atoms. The lowest BCUT2D eigenvalue weighted by Gasteiger charge is -1.97. The Hall–Kier alpha value is -0.510. The van der Waals surface area contributed by atoms with Crippen molar-refractivity contribution in [3.63, 3.8) is 0 Å². The Morgan fingerprint density at radius 2 is 2.10 bits per heavy atom. The second-order valence-corrected chi connectivity index (χ2v) is 4.46. The molecule has 3 nitrogen and oxygen atoms in total. The number of sulfone groups is 1. The Morgan fingerprint density at radius 1 is 1.50 bits per heavy atom. The molecule has 0 aliphatic carbocycles. The predicted molar refractivity (Wildman–Crippen MR) is 38.1 cm³/mol. The average molecular weight is 162 g/mol. The second-order valence-electron chi connectivity index (χ2n) is 2.45. The molecule has 0 aromatic heterocycles. The van der Waals surface area contributed by atoms with Crippen LogP contribution < -0.4 is 0 Å². The lowest BCUT2D eigenvalue weighted by molar-refractivity contribution is 0.270. The topological polar surface area (TPSA) is 43.4 Å². The third-order valence-corrected chi connectivity index (χ3v) is 3.07. The van der Waals surface area contributed by atoms with E-state index in [1.807, 2.05) is 0 Å². The van der Waals surface area contributed by atoms with Crippen LogP contribution in [0, 0.1) is 0 Å². The van der Waals surface area contributed by atoms with Gasteiger partial charge in [-0.2, -0.15) is 0 Å². The molecule has 0 atom stereocenters. The number of rotatable bonds is 0. The van der Waals surface area contributed by atoms with E-state index in [0.29, 0.717) is 6.61 Å². The van der Waals surface area contributed by atoms with Crippen LogP contribution in [-0.4, -0.2) is 20.8 Å². The summed E-state index contributed by atoms with van der Waals surface area (Å²) in [5, 5.41) is 0.174. The van der Waals surface area contributed by atoms with Crippen molar-refractivity contribution in [3.05, 3.63) is 10.7 Å². The molecule has 0 bridgehead atoms. The van der Waals surface area contributed by atoms with Crippen molar-refractivity contribution in [2.45, 2.75) is 13.8 Å². The molecule has 1 heterocycles. The summed E-state index contributed by atoms with van der Waals surface area (Å²) < 4.78 is 27.0. The highest BCUT2D eigenvalue weighted by Gasteiger charge is 2.27. The van der Waals surface area contributed by atoms with E-state index in [0.717, 1.165) is 5.57 Å². The Labute approximate surface area is 60.6 Å². The predicted octanol–water partition coefficient (Wildman–Crippen LogP) is 0.683. The maximum absolute atomic E-state index is 11.0. The Balaban J connectivity index is 3.14. The van der Waals surface area contributed by atoms with Crippen LogP contribution in [0.4, 0.5) is 0 Å². The summed E-state index contributed by atoms with van der Waals surface area (Å²) in [6.45, 7) is 3.78. The first-order valence-corrected chi connectivity index (χ1v) is 4.72. The van der Waals surface area contributed by atoms with Crippen molar-refractivity contribution in [1.29, 1.82) is 0 Å². The van der Waals surface area contributed by atoms with Gasteiger partial charge >= 0.3 is 0 Å². The third-order valence-electron chi connectivity index (χ3n) is 1.28. The maximum Gasteiger partial charge on any atom is 0.214 e. The molecule has 4 heteroatoms. The van der Waals surface area contributed by atoms with Crippen molar-refractivity contribution < 1.29 is 13.2 Å². The zero-order chi connectivity index (χ0) is 7.78. The van der Waals surface area contributed by atoms with E-state index in [9.17, 15) is 8.42 Å². The van der Waals surface area contributed by atoms with Crippen molar-refractivity contribution in [1.82, 2.24) is 0 Å². The van der Waals surface area contributed by atoms with Crippen LogP contribution in [-0.2, 0) is 14.6 Å². The number of hydrogen-bond donors (Lipinski definition) is 0. The van der Waals surface area contributed by atoms with E-state index in [-0.39, 0.29) is 10.8 Å². The van der Waals surface area contributed by atoms with Crippen LogP contribution in [0.1, 0.15) is 13.8 Å². The van der Waals surface area contributed by atoms with Gasteiger partial charge in [0.2, 0.25) is 14.9 Å². The molecule has 0 amide bonds. The van der Waals surface area contributed by atoms with Crippen LogP contribution in [0.15, 0.2) is 10.7 Å². The SMILES string of the molecule is CC(C)=C1OCCS1(=O)=O. The summed E-state index contributed by atoms with van der Waals surface area (Å²) in [4.78, 5) is 0. The van der Waals surface area contributed by atoms with Gasteiger partial charge in [-0.05, 0) is 19.4 Å². The average Bonchev–Trinajstić information content (AvgIpc) is 2.08. The van der Waals surface area contributed by atoms with Crippen molar-refractivity contribution in [2.75, 3.05) is 12.4 Å². The minimum atomic E-state index is -3.03. The molecule has 0 aromatic rings. The monoisotopic (exact) mass is 162 g/mol. The van der Waals surface area contributed by atoms with Crippen LogP contribution >= 0.6 is 0 Å². The van der Waals surface area contributed by atoms with Gasteiger partial charge in [-0.25, -0.2) is 8.42 Å². The number of hydrogen-bond acceptors (Lipinski definition) is 3. The fourth-order valence-corrected chi connectivity index (χ4v) is 2.25. The van der Waals surface area contributed by atoms with Crippen LogP contribution in [0.3, 0.4) is 0 Å². The lowest BCUT2D eigenvalue weighted by Crippen LogP contribution is -2.00. The number of ether oxygens (including phenoxy) is 1. The molecular formula is C6H10O3S. The first-order chi connectivity index (χ1) is 4.54. The lowest BCUT2D eigenvalue weighted by atomic mass is 10.4. The zero-order valence-electron chi connectivity index (χ0n) is 6.05. The summed E-state index contributed by atoms with van der Waals surface area (Å²) in [5.74, 6) is 0.132. The normalized spacial score (nSPS) is 22.4.